The monoisotopic (exact) mass is 300 g/mol. The van der Waals surface area contributed by atoms with Crippen LogP contribution in [0.5, 0.6) is 5.75 Å². The lowest BCUT2D eigenvalue weighted by Gasteiger charge is -2.18. The standard InChI is InChI=1S/C15H24N2O2.ClH/c1-12-6-4-5-7-14(12)19-11-10-17(3)15(18)9-8-13(2)16;/h4-7,13H,8-11,16H2,1-3H3;1H. The topological polar surface area (TPSA) is 55.6 Å². The summed E-state index contributed by atoms with van der Waals surface area (Å²) in [5.41, 5.74) is 6.74. The molecule has 114 valence electrons. The Kier molecular flexibility index (Phi) is 9.01. The van der Waals surface area contributed by atoms with Gasteiger partial charge in [-0.1, -0.05) is 18.2 Å². The predicted molar refractivity (Wildman–Crippen MR) is 84.4 cm³/mol. The van der Waals surface area contributed by atoms with Crippen LogP contribution in [0.15, 0.2) is 24.3 Å². The third-order valence-electron chi connectivity index (χ3n) is 3.02. The summed E-state index contributed by atoms with van der Waals surface area (Å²) in [5.74, 6) is 0.990. The lowest BCUT2D eigenvalue weighted by molar-refractivity contribution is -0.130. The van der Waals surface area contributed by atoms with E-state index < -0.39 is 0 Å². The number of benzene rings is 1. The Morgan fingerprint density at radius 2 is 2.05 bits per heavy atom. The van der Waals surface area contributed by atoms with Crippen molar-refractivity contribution in [1.29, 1.82) is 0 Å². The summed E-state index contributed by atoms with van der Waals surface area (Å²) in [7, 11) is 1.80. The Bertz CT molecular complexity index is 411. The van der Waals surface area contributed by atoms with Crippen molar-refractivity contribution >= 4 is 18.3 Å². The number of amides is 1. The molecule has 0 aliphatic rings. The van der Waals surface area contributed by atoms with Gasteiger partial charge in [0.05, 0.1) is 6.54 Å². The highest BCUT2D eigenvalue weighted by atomic mass is 35.5. The molecule has 0 aliphatic carbocycles. The molecule has 0 saturated carbocycles. The van der Waals surface area contributed by atoms with E-state index in [0.717, 1.165) is 17.7 Å². The molecule has 1 atom stereocenters. The number of likely N-dealkylation sites (N-methyl/N-ethyl adjacent to an activating group) is 1. The Balaban J connectivity index is 0.00000361. The minimum atomic E-state index is 0. The summed E-state index contributed by atoms with van der Waals surface area (Å²) in [5, 5.41) is 0. The Labute approximate surface area is 127 Å². The zero-order valence-corrected chi connectivity index (χ0v) is 13.3. The van der Waals surface area contributed by atoms with Crippen molar-refractivity contribution in [3.63, 3.8) is 0 Å². The number of carbonyl (C=O) groups excluding carboxylic acids is 1. The van der Waals surface area contributed by atoms with Crippen LogP contribution in [-0.4, -0.2) is 37.0 Å². The van der Waals surface area contributed by atoms with E-state index >= 15 is 0 Å². The van der Waals surface area contributed by atoms with Gasteiger partial charge < -0.3 is 15.4 Å². The van der Waals surface area contributed by atoms with E-state index in [4.69, 9.17) is 10.5 Å². The molecule has 2 N–H and O–H groups in total. The summed E-state index contributed by atoms with van der Waals surface area (Å²) in [6, 6.07) is 7.94. The molecule has 0 saturated heterocycles. The quantitative estimate of drug-likeness (QED) is 0.841. The van der Waals surface area contributed by atoms with Gasteiger partial charge in [0.2, 0.25) is 5.91 Å². The van der Waals surface area contributed by atoms with Crippen molar-refractivity contribution in [1.82, 2.24) is 4.90 Å². The van der Waals surface area contributed by atoms with Crippen LogP contribution in [0.2, 0.25) is 0 Å². The highest BCUT2D eigenvalue weighted by Gasteiger charge is 2.09. The Morgan fingerprint density at radius 1 is 1.40 bits per heavy atom. The summed E-state index contributed by atoms with van der Waals surface area (Å²) in [6.07, 6.45) is 1.22. The lowest BCUT2D eigenvalue weighted by Crippen LogP contribution is -2.31. The third-order valence-corrected chi connectivity index (χ3v) is 3.02. The van der Waals surface area contributed by atoms with Gasteiger partial charge in [0.15, 0.2) is 0 Å². The van der Waals surface area contributed by atoms with Gasteiger partial charge >= 0.3 is 0 Å². The maximum atomic E-state index is 11.8. The van der Waals surface area contributed by atoms with E-state index in [1.807, 2.05) is 38.1 Å². The van der Waals surface area contributed by atoms with Crippen LogP contribution in [0.3, 0.4) is 0 Å². The van der Waals surface area contributed by atoms with Crippen molar-refractivity contribution in [2.24, 2.45) is 5.73 Å². The first-order chi connectivity index (χ1) is 9.00. The fourth-order valence-electron chi connectivity index (χ4n) is 1.68. The smallest absolute Gasteiger partial charge is 0.222 e. The van der Waals surface area contributed by atoms with E-state index in [1.54, 1.807) is 11.9 Å². The first-order valence-corrected chi connectivity index (χ1v) is 6.68. The van der Waals surface area contributed by atoms with Gasteiger partial charge in [0.1, 0.15) is 12.4 Å². The SMILES string of the molecule is Cc1ccccc1OCCN(C)C(=O)CCC(C)N.Cl. The number of ether oxygens (including phenoxy) is 1. The number of rotatable bonds is 7. The molecule has 0 heterocycles. The second-order valence-electron chi connectivity index (χ2n) is 4.95. The second kappa shape index (κ2) is 9.61. The number of hydrogen-bond donors (Lipinski definition) is 1. The molecule has 0 radical (unpaired) electrons. The van der Waals surface area contributed by atoms with E-state index in [0.29, 0.717) is 19.6 Å². The second-order valence-corrected chi connectivity index (χ2v) is 4.95. The fraction of sp³-hybridized carbons (Fsp3) is 0.533. The van der Waals surface area contributed by atoms with Crippen LogP contribution in [-0.2, 0) is 4.79 Å². The van der Waals surface area contributed by atoms with Crippen molar-refractivity contribution in [3.8, 4) is 5.75 Å². The highest BCUT2D eigenvalue weighted by molar-refractivity contribution is 5.85. The molecule has 1 unspecified atom stereocenters. The molecule has 5 heteroatoms. The average Bonchev–Trinajstić information content (AvgIpc) is 2.38. The average molecular weight is 301 g/mol. The van der Waals surface area contributed by atoms with Gasteiger partial charge in [0.25, 0.3) is 0 Å². The molecule has 1 aromatic rings. The van der Waals surface area contributed by atoms with Crippen LogP contribution in [0, 0.1) is 6.92 Å². The molecule has 0 bridgehead atoms. The van der Waals surface area contributed by atoms with Gasteiger partial charge in [-0.25, -0.2) is 0 Å². The van der Waals surface area contributed by atoms with E-state index in [1.165, 1.54) is 0 Å². The predicted octanol–water partition coefficient (Wildman–Crippen LogP) is 2.38. The number of nitrogens with two attached hydrogens (primary N) is 1. The third kappa shape index (κ3) is 6.78. The van der Waals surface area contributed by atoms with Gasteiger partial charge in [0, 0.05) is 19.5 Å². The van der Waals surface area contributed by atoms with Crippen LogP contribution in [0.1, 0.15) is 25.3 Å². The molecule has 0 aliphatic heterocycles. The maximum absolute atomic E-state index is 11.8. The van der Waals surface area contributed by atoms with Gasteiger partial charge in [-0.2, -0.15) is 0 Å². The first kappa shape index (κ1) is 18.7. The van der Waals surface area contributed by atoms with Gasteiger partial charge in [-0.15, -0.1) is 12.4 Å². The number of aryl methyl sites for hydroxylation is 1. The largest absolute Gasteiger partial charge is 0.491 e. The van der Waals surface area contributed by atoms with Crippen molar-refractivity contribution in [2.75, 3.05) is 20.2 Å². The zero-order valence-electron chi connectivity index (χ0n) is 12.5. The molecule has 0 spiro atoms. The number of carbonyl (C=O) groups is 1. The van der Waals surface area contributed by atoms with E-state index in [2.05, 4.69) is 0 Å². The molecule has 0 aromatic heterocycles. The van der Waals surface area contributed by atoms with Crippen molar-refractivity contribution < 1.29 is 9.53 Å². The molecule has 20 heavy (non-hydrogen) atoms. The lowest BCUT2D eigenvalue weighted by atomic mass is 10.2. The first-order valence-electron chi connectivity index (χ1n) is 6.68. The van der Waals surface area contributed by atoms with Crippen LogP contribution >= 0.6 is 12.4 Å². The van der Waals surface area contributed by atoms with Crippen molar-refractivity contribution in [2.45, 2.75) is 32.7 Å². The van der Waals surface area contributed by atoms with Gasteiger partial charge in [-0.3, -0.25) is 4.79 Å². The number of hydrogen-bond acceptors (Lipinski definition) is 3. The maximum Gasteiger partial charge on any atom is 0.222 e. The van der Waals surface area contributed by atoms with Crippen molar-refractivity contribution in [3.05, 3.63) is 29.8 Å². The fourth-order valence-corrected chi connectivity index (χ4v) is 1.68. The van der Waals surface area contributed by atoms with Crippen LogP contribution < -0.4 is 10.5 Å². The normalized spacial score (nSPS) is 11.4. The summed E-state index contributed by atoms with van der Waals surface area (Å²) < 4.78 is 5.66. The van der Waals surface area contributed by atoms with E-state index in [9.17, 15) is 4.79 Å². The summed E-state index contributed by atoms with van der Waals surface area (Å²) >= 11 is 0. The highest BCUT2D eigenvalue weighted by Crippen LogP contribution is 2.15. The molecule has 4 nitrogen and oxygen atoms in total. The number of halogens is 1. The molecule has 1 rings (SSSR count). The van der Waals surface area contributed by atoms with Crippen LogP contribution in [0.4, 0.5) is 0 Å². The minimum absolute atomic E-state index is 0. The molecule has 0 fully saturated rings. The molecule has 1 aromatic carbocycles. The summed E-state index contributed by atoms with van der Waals surface area (Å²) in [6.45, 7) is 5.01. The Hall–Kier alpha value is -1.26. The summed E-state index contributed by atoms with van der Waals surface area (Å²) in [4.78, 5) is 13.5. The Morgan fingerprint density at radius 3 is 2.65 bits per heavy atom. The number of nitrogens with zero attached hydrogens (tertiary/aromatic N) is 1. The molecular formula is C15H25ClN2O2. The van der Waals surface area contributed by atoms with E-state index in [-0.39, 0.29) is 24.4 Å². The zero-order chi connectivity index (χ0) is 14.3. The number of para-hydroxylation sites is 1. The minimum Gasteiger partial charge on any atom is -0.491 e. The van der Waals surface area contributed by atoms with Gasteiger partial charge in [-0.05, 0) is 31.9 Å². The molecular weight excluding hydrogens is 276 g/mol. The molecule has 1 amide bonds. The van der Waals surface area contributed by atoms with Crippen LogP contribution in [0.25, 0.3) is 0 Å².